The molecule has 1 rings (SSSR count). The van der Waals surface area contributed by atoms with Crippen LogP contribution in [0.4, 0.5) is 5.82 Å². The largest absolute Gasteiger partial charge is 0.367 e. The third-order valence-corrected chi connectivity index (χ3v) is 2.91. The van der Waals surface area contributed by atoms with E-state index < -0.39 is 0 Å². The Morgan fingerprint density at radius 1 is 1.40 bits per heavy atom. The van der Waals surface area contributed by atoms with E-state index in [0.29, 0.717) is 6.04 Å². The second kappa shape index (κ2) is 6.05. The van der Waals surface area contributed by atoms with Gasteiger partial charge in [-0.2, -0.15) is 0 Å². The lowest BCUT2D eigenvalue weighted by atomic mass is 10.0. The fourth-order valence-electron chi connectivity index (χ4n) is 1.49. The molecule has 0 amide bonds. The SMILES string of the molecule is CCC(C)CC(C)Nc1cc(Br)ncn1. The first kappa shape index (κ1) is 12.4. The van der Waals surface area contributed by atoms with Gasteiger partial charge in [0.25, 0.3) is 0 Å². The van der Waals surface area contributed by atoms with Crippen LogP contribution in [0.3, 0.4) is 0 Å². The Balaban J connectivity index is 2.47. The summed E-state index contributed by atoms with van der Waals surface area (Å²) in [4.78, 5) is 8.15. The van der Waals surface area contributed by atoms with Gasteiger partial charge in [-0.1, -0.05) is 20.3 Å². The summed E-state index contributed by atoms with van der Waals surface area (Å²) < 4.78 is 0.815. The maximum atomic E-state index is 4.16. The zero-order valence-corrected chi connectivity index (χ0v) is 11.1. The average Bonchev–Trinajstić information content (AvgIpc) is 2.17. The minimum atomic E-state index is 0.446. The molecule has 1 aromatic heterocycles. The molecule has 15 heavy (non-hydrogen) atoms. The molecular weight excluding hydrogens is 254 g/mol. The fraction of sp³-hybridized carbons (Fsp3) is 0.636. The predicted octanol–water partition coefficient (Wildman–Crippen LogP) is 3.48. The molecule has 1 aromatic rings. The first-order valence-corrected chi connectivity index (χ1v) is 6.15. The fourth-order valence-corrected chi connectivity index (χ4v) is 1.80. The number of nitrogens with zero attached hydrogens (tertiary/aromatic N) is 2. The van der Waals surface area contributed by atoms with E-state index in [1.54, 1.807) is 6.33 Å². The second-order valence-electron chi connectivity index (χ2n) is 4.02. The molecule has 0 aliphatic carbocycles. The molecular formula is C11H18BrN3. The summed E-state index contributed by atoms with van der Waals surface area (Å²) in [5.74, 6) is 1.63. The average molecular weight is 272 g/mol. The van der Waals surface area contributed by atoms with E-state index in [1.165, 1.54) is 6.42 Å². The molecule has 0 saturated heterocycles. The Bertz CT molecular complexity index is 304. The number of aromatic nitrogens is 2. The van der Waals surface area contributed by atoms with Gasteiger partial charge in [0.05, 0.1) is 0 Å². The molecule has 4 heteroatoms. The van der Waals surface area contributed by atoms with Crippen LogP contribution in [0.25, 0.3) is 0 Å². The summed E-state index contributed by atoms with van der Waals surface area (Å²) >= 11 is 3.33. The van der Waals surface area contributed by atoms with Gasteiger partial charge in [-0.25, -0.2) is 9.97 Å². The Morgan fingerprint density at radius 2 is 2.13 bits per heavy atom. The quantitative estimate of drug-likeness (QED) is 0.834. The molecule has 1 heterocycles. The predicted molar refractivity (Wildman–Crippen MR) is 66.9 cm³/mol. The van der Waals surface area contributed by atoms with E-state index >= 15 is 0 Å². The van der Waals surface area contributed by atoms with Crippen LogP contribution in [-0.2, 0) is 0 Å². The van der Waals surface area contributed by atoms with E-state index in [4.69, 9.17) is 0 Å². The van der Waals surface area contributed by atoms with Crippen LogP contribution in [-0.4, -0.2) is 16.0 Å². The highest BCUT2D eigenvalue weighted by Gasteiger charge is 2.07. The summed E-state index contributed by atoms with van der Waals surface area (Å²) in [5.41, 5.74) is 0. The molecule has 0 aliphatic heterocycles. The molecule has 0 radical (unpaired) electrons. The highest BCUT2D eigenvalue weighted by Crippen LogP contribution is 2.15. The van der Waals surface area contributed by atoms with E-state index in [-0.39, 0.29) is 0 Å². The van der Waals surface area contributed by atoms with Crippen LogP contribution in [0, 0.1) is 5.92 Å². The third-order valence-electron chi connectivity index (χ3n) is 2.48. The van der Waals surface area contributed by atoms with Gasteiger partial charge in [0, 0.05) is 12.1 Å². The Kier molecular flexibility index (Phi) is 5.02. The highest BCUT2D eigenvalue weighted by atomic mass is 79.9. The zero-order valence-electron chi connectivity index (χ0n) is 9.50. The number of nitrogens with one attached hydrogen (secondary N) is 1. The summed E-state index contributed by atoms with van der Waals surface area (Å²) in [5, 5.41) is 3.37. The van der Waals surface area contributed by atoms with Crippen molar-refractivity contribution in [1.82, 2.24) is 9.97 Å². The lowest BCUT2D eigenvalue weighted by Gasteiger charge is -2.17. The standard InChI is InChI=1S/C11H18BrN3/c1-4-8(2)5-9(3)15-11-6-10(12)13-7-14-11/h6-9H,4-5H2,1-3H3,(H,13,14,15). The summed E-state index contributed by atoms with van der Waals surface area (Å²) in [6, 6.07) is 2.34. The first-order valence-electron chi connectivity index (χ1n) is 5.36. The van der Waals surface area contributed by atoms with Crippen LogP contribution in [0.2, 0.25) is 0 Å². The van der Waals surface area contributed by atoms with Gasteiger partial charge < -0.3 is 5.32 Å². The van der Waals surface area contributed by atoms with Gasteiger partial charge in [-0.15, -0.1) is 0 Å². The smallest absolute Gasteiger partial charge is 0.130 e. The lowest BCUT2D eigenvalue weighted by Crippen LogP contribution is -2.18. The van der Waals surface area contributed by atoms with Gasteiger partial charge >= 0.3 is 0 Å². The van der Waals surface area contributed by atoms with Crippen LogP contribution in [0.1, 0.15) is 33.6 Å². The molecule has 0 aliphatic rings. The summed E-state index contributed by atoms with van der Waals surface area (Å²) in [6.07, 6.45) is 3.94. The molecule has 0 bridgehead atoms. The van der Waals surface area contributed by atoms with Crippen molar-refractivity contribution in [2.24, 2.45) is 5.92 Å². The van der Waals surface area contributed by atoms with Crippen molar-refractivity contribution in [1.29, 1.82) is 0 Å². The highest BCUT2D eigenvalue weighted by molar-refractivity contribution is 9.10. The molecule has 1 N–H and O–H groups in total. The van der Waals surface area contributed by atoms with Crippen molar-refractivity contribution in [3.63, 3.8) is 0 Å². The van der Waals surface area contributed by atoms with Gasteiger partial charge in [0.2, 0.25) is 0 Å². The molecule has 0 fully saturated rings. The molecule has 2 unspecified atom stereocenters. The van der Waals surface area contributed by atoms with E-state index in [0.717, 1.165) is 22.8 Å². The molecule has 84 valence electrons. The molecule has 2 atom stereocenters. The van der Waals surface area contributed by atoms with Crippen molar-refractivity contribution in [3.8, 4) is 0 Å². The zero-order chi connectivity index (χ0) is 11.3. The number of hydrogen-bond donors (Lipinski definition) is 1. The minimum Gasteiger partial charge on any atom is -0.367 e. The van der Waals surface area contributed by atoms with Gasteiger partial charge in [0.1, 0.15) is 16.7 Å². The van der Waals surface area contributed by atoms with Crippen LogP contribution < -0.4 is 5.32 Å². The normalized spacial score (nSPS) is 14.7. The van der Waals surface area contributed by atoms with Gasteiger partial charge in [-0.05, 0) is 35.2 Å². The number of halogens is 1. The van der Waals surface area contributed by atoms with Crippen molar-refractivity contribution in [3.05, 3.63) is 17.0 Å². The number of anilines is 1. The van der Waals surface area contributed by atoms with Crippen molar-refractivity contribution in [2.45, 2.75) is 39.7 Å². The van der Waals surface area contributed by atoms with E-state index in [2.05, 4.69) is 52.0 Å². The summed E-state index contributed by atoms with van der Waals surface area (Å²) in [6.45, 7) is 6.68. The topological polar surface area (TPSA) is 37.8 Å². The minimum absolute atomic E-state index is 0.446. The summed E-state index contributed by atoms with van der Waals surface area (Å²) in [7, 11) is 0. The first-order chi connectivity index (χ1) is 7.11. The van der Waals surface area contributed by atoms with Crippen LogP contribution in [0.15, 0.2) is 17.0 Å². The van der Waals surface area contributed by atoms with Crippen LogP contribution in [0.5, 0.6) is 0 Å². The van der Waals surface area contributed by atoms with Gasteiger partial charge in [-0.3, -0.25) is 0 Å². The monoisotopic (exact) mass is 271 g/mol. The number of hydrogen-bond acceptors (Lipinski definition) is 3. The van der Waals surface area contributed by atoms with Crippen molar-refractivity contribution >= 4 is 21.7 Å². The van der Waals surface area contributed by atoms with E-state index in [9.17, 15) is 0 Å². The third kappa shape index (κ3) is 4.60. The molecule has 3 nitrogen and oxygen atoms in total. The number of rotatable bonds is 5. The Hall–Kier alpha value is -0.640. The maximum Gasteiger partial charge on any atom is 0.130 e. The van der Waals surface area contributed by atoms with Crippen molar-refractivity contribution in [2.75, 3.05) is 5.32 Å². The molecule has 0 aromatic carbocycles. The van der Waals surface area contributed by atoms with E-state index in [1.807, 2.05) is 6.07 Å². The lowest BCUT2D eigenvalue weighted by molar-refractivity contribution is 0.483. The Morgan fingerprint density at radius 3 is 2.73 bits per heavy atom. The van der Waals surface area contributed by atoms with Crippen LogP contribution >= 0.6 is 15.9 Å². The molecule has 0 saturated carbocycles. The van der Waals surface area contributed by atoms with Crippen molar-refractivity contribution < 1.29 is 0 Å². The maximum absolute atomic E-state index is 4.16. The Labute approximate surface area is 99.8 Å². The second-order valence-corrected chi connectivity index (χ2v) is 4.83. The molecule has 0 spiro atoms. The van der Waals surface area contributed by atoms with Gasteiger partial charge in [0.15, 0.2) is 0 Å².